The van der Waals surface area contributed by atoms with Crippen molar-refractivity contribution in [1.82, 2.24) is 10.2 Å². The van der Waals surface area contributed by atoms with Crippen molar-refractivity contribution in [3.05, 3.63) is 90.0 Å². The molecule has 186 valence electrons. The van der Waals surface area contributed by atoms with Crippen LogP contribution in [0.1, 0.15) is 34.1 Å². The van der Waals surface area contributed by atoms with Crippen molar-refractivity contribution in [3.8, 4) is 5.75 Å². The van der Waals surface area contributed by atoms with Crippen LogP contribution < -0.4 is 20.3 Å². The number of benzene rings is 3. The molecule has 2 N–H and O–H groups in total. The van der Waals surface area contributed by atoms with Crippen LogP contribution in [0.4, 0.5) is 11.4 Å². The molecule has 36 heavy (non-hydrogen) atoms. The monoisotopic (exact) mass is 502 g/mol. The minimum Gasteiger partial charge on any atom is -0.494 e. The number of carbonyl (C=O) groups excluding carboxylic acids is 2. The predicted molar refractivity (Wildman–Crippen MR) is 147 cm³/mol. The Labute approximate surface area is 217 Å². The van der Waals surface area contributed by atoms with E-state index in [0.29, 0.717) is 43.9 Å². The average Bonchev–Trinajstić information content (AvgIpc) is 2.92. The Balaban J connectivity index is 1.34. The van der Waals surface area contributed by atoms with Gasteiger partial charge in [0.05, 0.1) is 18.0 Å². The van der Waals surface area contributed by atoms with Gasteiger partial charge in [0.2, 0.25) is 0 Å². The second kappa shape index (κ2) is 12.2. The van der Waals surface area contributed by atoms with Crippen LogP contribution in [0.2, 0.25) is 0 Å². The van der Waals surface area contributed by atoms with Crippen LogP contribution in [0, 0.1) is 0 Å². The summed E-state index contributed by atoms with van der Waals surface area (Å²) in [6.45, 7) is 5.33. The molecule has 7 nitrogen and oxygen atoms in total. The molecule has 1 aliphatic heterocycles. The van der Waals surface area contributed by atoms with Gasteiger partial charge in [0, 0.05) is 37.3 Å². The van der Waals surface area contributed by atoms with E-state index in [2.05, 4.69) is 15.5 Å². The molecule has 1 aliphatic rings. The fraction of sp³-hybridized carbons (Fsp3) is 0.250. The van der Waals surface area contributed by atoms with E-state index < -0.39 is 0 Å². The number of carbonyl (C=O) groups is 2. The second-order valence-corrected chi connectivity index (χ2v) is 8.85. The molecule has 3 aromatic rings. The van der Waals surface area contributed by atoms with Crippen molar-refractivity contribution in [3.63, 3.8) is 0 Å². The Kier molecular flexibility index (Phi) is 8.52. The number of hydrogen-bond acceptors (Lipinski definition) is 5. The molecule has 0 aliphatic carbocycles. The number of rotatable bonds is 7. The van der Waals surface area contributed by atoms with E-state index in [1.807, 2.05) is 66.4 Å². The standard InChI is InChI=1S/C28H30N4O3S/c1-2-20-35-23-14-12-21(13-15-23)26(33)30-28(36)29-24-10-6-7-11-25(24)31-16-18-32(19-17-31)27(34)22-8-4-3-5-9-22/h3-15H,2,16-20H2,1H3,(H2,29,30,33,36). The molecule has 0 radical (unpaired) electrons. The number of anilines is 2. The fourth-order valence-corrected chi connectivity index (χ4v) is 4.22. The van der Waals surface area contributed by atoms with Gasteiger partial charge in [-0.15, -0.1) is 0 Å². The number of piperazine rings is 1. The molecular formula is C28H30N4O3S. The van der Waals surface area contributed by atoms with Crippen molar-refractivity contribution in [2.45, 2.75) is 13.3 Å². The summed E-state index contributed by atoms with van der Waals surface area (Å²) < 4.78 is 5.57. The highest BCUT2D eigenvalue weighted by molar-refractivity contribution is 7.80. The number of hydrogen-bond donors (Lipinski definition) is 2. The Morgan fingerprint density at radius 2 is 1.53 bits per heavy atom. The van der Waals surface area contributed by atoms with Crippen LogP contribution in [-0.4, -0.2) is 54.6 Å². The summed E-state index contributed by atoms with van der Waals surface area (Å²) in [6.07, 6.45) is 0.922. The SMILES string of the molecule is CCCOc1ccc(C(=O)NC(=S)Nc2ccccc2N2CCN(C(=O)c3ccccc3)CC2)cc1. The van der Waals surface area contributed by atoms with Crippen LogP contribution in [0.25, 0.3) is 0 Å². The van der Waals surface area contributed by atoms with Gasteiger partial charge in [0.1, 0.15) is 5.75 Å². The zero-order valence-electron chi connectivity index (χ0n) is 20.3. The zero-order valence-corrected chi connectivity index (χ0v) is 21.1. The van der Waals surface area contributed by atoms with E-state index in [0.717, 1.165) is 23.5 Å². The van der Waals surface area contributed by atoms with Crippen LogP contribution in [0.3, 0.4) is 0 Å². The smallest absolute Gasteiger partial charge is 0.257 e. The Bertz CT molecular complexity index is 1190. The molecule has 2 amide bonds. The average molecular weight is 503 g/mol. The Hall–Kier alpha value is -3.91. The minimum absolute atomic E-state index is 0.0514. The van der Waals surface area contributed by atoms with Crippen molar-refractivity contribution in [1.29, 1.82) is 0 Å². The van der Waals surface area contributed by atoms with Crippen LogP contribution in [0.15, 0.2) is 78.9 Å². The molecule has 0 spiro atoms. The number of para-hydroxylation sites is 2. The third-order valence-corrected chi connectivity index (χ3v) is 6.10. The second-order valence-electron chi connectivity index (χ2n) is 8.44. The summed E-state index contributed by atoms with van der Waals surface area (Å²) in [5.74, 6) is 0.490. The highest BCUT2D eigenvalue weighted by Crippen LogP contribution is 2.27. The molecule has 0 bridgehead atoms. The van der Waals surface area contributed by atoms with Crippen molar-refractivity contribution < 1.29 is 14.3 Å². The van der Waals surface area contributed by atoms with Crippen molar-refractivity contribution in [2.24, 2.45) is 0 Å². The number of nitrogens with zero attached hydrogens (tertiary/aromatic N) is 2. The van der Waals surface area contributed by atoms with E-state index in [9.17, 15) is 9.59 Å². The summed E-state index contributed by atoms with van der Waals surface area (Å²) in [5, 5.41) is 6.13. The summed E-state index contributed by atoms with van der Waals surface area (Å²) >= 11 is 5.42. The molecule has 4 rings (SSSR count). The lowest BCUT2D eigenvalue weighted by Crippen LogP contribution is -2.49. The first-order valence-corrected chi connectivity index (χ1v) is 12.5. The van der Waals surface area contributed by atoms with Gasteiger partial charge in [-0.2, -0.15) is 0 Å². The highest BCUT2D eigenvalue weighted by atomic mass is 32.1. The number of thiocarbonyl (C=S) groups is 1. The topological polar surface area (TPSA) is 73.9 Å². The molecule has 8 heteroatoms. The molecule has 0 saturated carbocycles. The van der Waals surface area contributed by atoms with Crippen molar-refractivity contribution in [2.75, 3.05) is 43.0 Å². The molecular weight excluding hydrogens is 472 g/mol. The van der Waals surface area contributed by atoms with Gasteiger partial charge < -0.3 is 19.9 Å². The first-order chi connectivity index (χ1) is 17.5. The zero-order chi connectivity index (χ0) is 25.3. The van der Waals surface area contributed by atoms with Crippen LogP contribution in [-0.2, 0) is 0 Å². The molecule has 0 unspecified atom stereocenters. The van der Waals surface area contributed by atoms with Gasteiger partial charge in [-0.1, -0.05) is 37.3 Å². The summed E-state index contributed by atoms with van der Waals surface area (Å²) in [6, 6.07) is 24.2. The molecule has 1 fully saturated rings. The van der Waals surface area contributed by atoms with Gasteiger partial charge in [-0.3, -0.25) is 14.9 Å². The maximum atomic E-state index is 12.8. The van der Waals surface area contributed by atoms with E-state index in [4.69, 9.17) is 17.0 Å². The first kappa shape index (κ1) is 25.2. The number of nitrogens with one attached hydrogen (secondary N) is 2. The van der Waals surface area contributed by atoms with E-state index in [-0.39, 0.29) is 16.9 Å². The number of amides is 2. The normalized spacial score (nSPS) is 13.1. The maximum absolute atomic E-state index is 12.8. The lowest BCUT2D eigenvalue weighted by atomic mass is 10.1. The molecule has 1 heterocycles. The van der Waals surface area contributed by atoms with Gasteiger partial charge >= 0.3 is 0 Å². The Morgan fingerprint density at radius 3 is 2.22 bits per heavy atom. The summed E-state index contributed by atoms with van der Waals surface area (Å²) in [7, 11) is 0. The molecule has 1 saturated heterocycles. The predicted octanol–water partition coefficient (Wildman–Crippen LogP) is 4.56. The van der Waals surface area contributed by atoms with Crippen LogP contribution in [0.5, 0.6) is 5.75 Å². The Morgan fingerprint density at radius 1 is 0.861 bits per heavy atom. The molecule has 0 atom stereocenters. The fourth-order valence-electron chi connectivity index (χ4n) is 4.02. The van der Waals surface area contributed by atoms with Crippen molar-refractivity contribution >= 4 is 40.5 Å². The van der Waals surface area contributed by atoms with Crippen LogP contribution >= 0.6 is 12.2 Å². The van der Waals surface area contributed by atoms with Gasteiger partial charge in [-0.05, 0) is 67.2 Å². The molecule has 0 aromatic heterocycles. The third kappa shape index (κ3) is 6.40. The van der Waals surface area contributed by atoms with E-state index in [1.165, 1.54) is 0 Å². The van der Waals surface area contributed by atoms with Gasteiger partial charge in [0.15, 0.2) is 5.11 Å². The minimum atomic E-state index is -0.292. The highest BCUT2D eigenvalue weighted by Gasteiger charge is 2.23. The lowest BCUT2D eigenvalue weighted by Gasteiger charge is -2.37. The first-order valence-electron chi connectivity index (χ1n) is 12.1. The summed E-state index contributed by atoms with van der Waals surface area (Å²) in [4.78, 5) is 29.5. The number of ether oxygens (including phenoxy) is 1. The third-order valence-electron chi connectivity index (χ3n) is 5.90. The largest absolute Gasteiger partial charge is 0.494 e. The van der Waals surface area contributed by atoms with Gasteiger partial charge in [0.25, 0.3) is 11.8 Å². The van der Waals surface area contributed by atoms with Gasteiger partial charge in [-0.25, -0.2) is 0 Å². The maximum Gasteiger partial charge on any atom is 0.257 e. The molecule has 3 aromatic carbocycles. The summed E-state index contributed by atoms with van der Waals surface area (Å²) in [5.41, 5.74) is 2.97. The van der Waals surface area contributed by atoms with E-state index >= 15 is 0 Å². The quantitative estimate of drug-likeness (QED) is 0.462. The van der Waals surface area contributed by atoms with E-state index in [1.54, 1.807) is 24.3 Å². The lowest BCUT2D eigenvalue weighted by molar-refractivity contribution is 0.0746.